The summed E-state index contributed by atoms with van der Waals surface area (Å²) in [6.45, 7) is 3.66. The van der Waals surface area contributed by atoms with Crippen LogP contribution in [0.3, 0.4) is 0 Å². The van der Waals surface area contributed by atoms with Gasteiger partial charge in [0.1, 0.15) is 11.5 Å². The van der Waals surface area contributed by atoms with Gasteiger partial charge in [0.15, 0.2) is 0 Å². The van der Waals surface area contributed by atoms with E-state index in [4.69, 9.17) is 4.74 Å². The van der Waals surface area contributed by atoms with Crippen molar-refractivity contribution in [1.82, 2.24) is 15.1 Å². The first-order valence-electron chi connectivity index (χ1n) is 12.0. The summed E-state index contributed by atoms with van der Waals surface area (Å²) in [7, 11) is 1.66. The van der Waals surface area contributed by atoms with Crippen LogP contribution < -0.4 is 15.4 Å². The lowest BCUT2D eigenvalue weighted by Crippen LogP contribution is -2.48. The van der Waals surface area contributed by atoms with Crippen LogP contribution in [0.15, 0.2) is 48.5 Å². The second kappa shape index (κ2) is 11.2. The predicted octanol–water partition coefficient (Wildman–Crippen LogP) is 3.60. The molecule has 0 radical (unpaired) electrons. The largest absolute Gasteiger partial charge is 0.506 e. The summed E-state index contributed by atoms with van der Waals surface area (Å²) >= 11 is 0. The Morgan fingerprint density at radius 3 is 2.35 bits per heavy atom. The number of rotatable bonds is 7. The van der Waals surface area contributed by atoms with Crippen LogP contribution in [-0.4, -0.2) is 66.7 Å². The van der Waals surface area contributed by atoms with Gasteiger partial charge in [0.25, 0.3) is 0 Å². The molecule has 8 nitrogen and oxygen atoms in total. The van der Waals surface area contributed by atoms with Crippen molar-refractivity contribution in [2.24, 2.45) is 5.92 Å². The van der Waals surface area contributed by atoms with Gasteiger partial charge in [-0.2, -0.15) is 0 Å². The highest BCUT2D eigenvalue weighted by atomic mass is 16.5. The smallest absolute Gasteiger partial charge is 0.317 e. The molecule has 3 N–H and O–H groups in total. The molecule has 2 aliphatic rings. The highest BCUT2D eigenvalue weighted by molar-refractivity contribution is 5.94. The fourth-order valence-electron chi connectivity index (χ4n) is 4.79. The van der Waals surface area contributed by atoms with Crippen LogP contribution in [0, 0.1) is 5.92 Å². The van der Waals surface area contributed by atoms with Crippen LogP contribution in [0.2, 0.25) is 0 Å². The molecular formula is C26H34N4O4. The summed E-state index contributed by atoms with van der Waals surface area (Å²) in [5.74, 6) is 0.579. The third-order valence-corrected chi connectivity index (χ3v) is 6.84. The van der Waals surface area contributed by atoms with E-state index >= 15 is 0 Å². The van der Waals surface area contributed by atoms with E-state index in [1.54, 1.807) is 36.3 Å². The fraction of sp³-hybridized carbons (Fsp3) is 0.462. The maximum absolute atomic E-state index is 12.9. The average molecular weight is 467 g/mol. The van der Waals surface area contributed by atoms with Gasteiger partial charge in [0, 0.05) is 25.6 Å². The topological polar surface area (TPSA) is 94.1 Å². The molecule has 8 heteroatoms. The van der Waals surface area contributed by atoms with Gasteiger partial charge in [0.05, 0.1) is 18.8 Å². The molecular weight excluding hydrogens is 432 g/mol. The number of nitrogens with one attached hydrogen (secondary N) is 2. The van der Waals surface area contributed by atoms with Gasteiger partial charge in [-0.25, -0.2) is 4.79 Å². The number of methoxy groups -OCH3 is 1. The number of benzene rings is 2. The van der Waals surface area contributed by atoms with Crippen molar-refractivity contribution in [2.45, 2.75) is 31.7 Å². The van der Waals surface area contributed by atoms with E-state index in [0.29, 0.717) is 38.2 Å². The number of hydrogen-bond acceptors (Lipinski definition) is 5. The molecule has 3 amide bonds. The number of piperidine rings is 1. The minimum atomic E-state index is -0.180. The Morgan fingerprint density at radius 2 is 1.71 bits per heavy atom. The summed E-state index contributed by atoms with van der Waals surface area (Å²) < 4.78 is 5.29. The molecule has 34 heavy (non-hydrogen) atoms. The van der Waals surface area contributed by atoms with Crippen molar-refractivity contribution in [2.75, 3.05) is 45.2 Å². The molecule has 1 atom stereocenters. The van der Waals surface area contributed by atoms with Gasteiger partial charge in [-0.05, 0) is 68.6 Å². The number of hydrogen-bond donors (Lipinski definition) is 3. The molecule has 0 aromatic heterocycles. The zero-order valence-corrected chi connectivity index (χ0v) is 19.7. The van der Waals surface area contributed by atoms with E-state index in [1.807, 2.05) is 12.1 Å². The van der Waals surface area contributed by atoms with Crippen LogP contribution in [0.25, 0.3) is 0 Å². The molecule has 182 valence electrons. The van der Waals surface area contributed by atoms with Crippen molar-refractivity contribution in [3.8, 4) is 11.5 Å². The fourth-order valence-corrected chi connectivity index (χ4v) is 4.79. The number of ether oxygens (including phenoxy) is 1. The summed E-state index contributed by atoms with van der Waals surface area (Å²) in [4.78, 5) is 29.7. The molecule has 0 unspecified atom stereocenters. The molecule has 0 bridgehead atoms. The summed E-state index contributed by atoms with van der Waals surface area (Å²) in [6.07, 6.45) is 3.55. The second-order valence-electron chi connectivity index (χ2n) is 8.99. The Kier molecular flexibility index (Phi) is 7.90. The van der Waals surface area contributed by atoms with E-state index in [1.165, 1.54) is 18.4 Å². The molecule has 2 aliphatic heterocycles. The Morgan fingerprint density at radius 1 is 1.03 bits per heavy atom. The monoisotopic (exact) mass is 466 g/mol. The van der Waals surface area contributed by atoms with E-state index < -0.39 is 0 Å². The number of amides is 3. The van der Waals surface area contributed by atoms with Gasteiger partial charge < -0.3 is 25.4 Å². The standard InChI is InChI=1S/C26H34N4O4/c1-34-21-10-8-19(9-11-21)23(29-14-4-5-15-29)18-27-26(33)30-16-12-20(13-17-30)25(32)28-22-6-2-3-7-24(22)31/h2-3,6-11,20,23,31H,4-5,12-18H2,1H3,(H,27,33)(H,28,32)/t23-/m1/s1. The molecule has 2 heterocycles. The van der Waals surface area contributed by atoms with Gasteiger partial charge >= 0.3 is 6.03 Å². The maximum Gasteiger partial charge on any atom is 0.317 e. The molecule has 4 rings (SSSR count). The van der Waals surface area contributed by atoms with Crippen LogP contribution in [-0.2, 0) is 4.79 Å². The summed E-state index contributed by atoms with van der Waals surface area (Å²) in [6, 6.07) is 14.8. The highest BCUT2D eigenvalue weighted by Gasteiger charge is 2.29. The van der Waals surface area contributed by atoms with Gasteiger partial charge in [0.2, 0.25) is 5.91 Å². The first kappa shape index (κ1) is 23.9. The van der Waals surface area contributed by atoms with Gasteiger partial charge in [-0.1, -0.05) is 24.3 Å². The average Bonchev–Trinajstić information content (AvgIpc) is 3.40. The maximum atomic E-state index is 12.9. The second-order valence-corrected chi connectivity index (χ2v) is 8.99. The van der Waals surface area contributed by atoms with Crippen molar-refractivity contribution in [3.63, 3.8) is 0 Å². The Bertz CT molecular complexity index is 967. The van der Waals surface area contributed by atoms with Crippen molar-refractivity contribution < 1.29 is 19.4 Å². The van der Waals surface area contributed by atoms with E-state index in [-0.39, 0.29) is 29.6 Å². The van der Waals surface area contributed by atoms with Crippen LogP contribution >= 0.6 is 0 Å². The zero-order valence-electron chi connectivity index (χ0n) is 19.7. The lowest BCUT2D eigenvalue weighted by atomic mass is 9.96. The van der Waals surface area contributed by atoms with Crippen LogP contribution in [0.5, 0.6) is 11.5 Å². The van der Waals surface area contributed by atoms with E-state index in [9.17, 15) is 14.7 Å². The first-order chi connectivity index (χ1) is 16.5. The number of likely N-dealkylation sites (tertiary alicyclic amines) is 2. The Balaban J connectivity index is 1.29. The number of urea groups is 1. The summed E-state index contributed by atoms with van der Waals surface area (Å²) in [5.41, 5.74) is 1.58. The third kappa shape index (κ3) is 5.80. The number of aromatic hydroxyl groups is 1. The number of phenolic OH excluding ortho intramolecular Hbond substituents is 1. The molecule has 2 aromatic rings. The van der Waals surface area contributed by atoms with Crippen molar-refractivity contribution in [1.29, 1.82) is 0 Å². The van der Waals surface area contributed by atoms with Gasteiger partial charge in [-0.15, -0.1) is 0 Å². The quantitative estimate of drug-likeness (QED) is 0.542. The number of carbonyl (C=O) groups is 2. The number of phenols is 1. The minimum absolute atomic E-state index is 0.0529. The van der Waals surface area contributed by atoms with Gasteiger partial charge in [-0.3, -0.25) is 9.69 Å². The predicted molar refractivity (Wildman–Crippen MR) is 131 cm³/mol. The van der Waals surface area contributed by atoms with E-state index in [0.717, 1.165) is 18.8 Å². The van der Waals surface area contributed by atoms with Crippen LogP contribution in [0.1, 0.15) is 37.3 Å². The normalized spacial score (nSPS) is 17.9. The Labute approximate surface area is 200 Å². The first-order valence-corrected chi connectivity index (χ1v) is 12.0. The lowest BCUT2D eigenvalue weighted by molar-refractivity contribution is -0.121. The Hall–Kier alpha value is -3.26. The summed E-state index contributed by atoms with van der Waals surface area (Å²) in [5, 5.41) is 15.8. The highest BCUT2D eigenvalue weighted by Crippen LogP contribution is 2.27. The molecule has 0 spiro atoms. The molecule has 2 aromatic carbocycles. The molecule has 2 fully saturated rings. The zero-order chi connectivity index (χ0) is 23.9. The number of para-hydroxylation sites is 2. The number of carbonyl (C=O) groups excluding carboxylic acids is 2. The van der Waals surface area contributed by atoms with Crippen molar-refractivity contribution in [3.05, 3.63) is 54.1 Å². The lowest BCUT2D eigenvalue weighted by Gasteiger charge is -2.33. The minimum Gasteiger partial charge on any atom is -0.506 e. The number of anilines is 1. The molecule has 2 saturated heterocycles. The SMILES string of the molecule is COc1ccc([C@@H](CNC(=O)N2CCC(C(=O)Nc3ccccc3O)CC2)N2CCCC2)cc1. The molecule has 0 aliphatic carbocycles. The molecule has 0 saturated carbocycles. The third-order valence-electron chi connectivity index (χ3n) is 6.84. The van der Waals surface area contributed by atoms with Crippen LogP contribution in [0.4, 0.5) is 10.5 Å². The van der Waals surface area contributed by atoms with Crippen molar-refractivity contribution >= 4 is 17.6 Å². The van der Waals surface area contributed by atoms with E-state index in [2.05, 4.69) is 27.7 Å². The number of nitrogens with zero attached hydrogens (tertiary/aromatic N) is 2.